The van der Waals surface area contributed by atoms with Crippen molar-refractivity contribution in [2.75, 3.05) is 5.73 Å². The molecule has 21 heavy (non-hydrogen) atoms. The van der Waals surface area contributed by atoms with E-state index in [1.54, 1.807) is 0 Å². The first-order chi connectivity index (χ1) is 10.1. The van der Waals surface area contributed by atoms with Crippen molar-refractivity contribution in [1.29, 1.82) is 0 Å². The van der Waals surface area contributed by atoms with Crippen molar-refractivity contribution < 1.29 is 9.72 Å². The number of carbonyl (C=O) groups is 1. The Hall–Kier alpha value is -2.18. The fraction of sp³-hybridized carbons (Fsp3) is 0.571. The molecule has 1 aliphatic rings. The second kappa shape index (κ2) is 7.01. The summed E-state index contributed by atoms with van der Waals surface area (Å²) in [6, 6.07) is 1.29. The van der Waals surface area contributed by atoms with Crippen LogP contribution in [-0.2, 0) is 0 Å². The summed E-state index contributed by atoms with van der Waals surface area (Å²) in [7, 11) is 0. The van der Waals surface area contributed by atoms with Gasteiger partial charge < -0.3 is 11.1 Å². The molecule has 0 spiro atoms. The van der Waals surface area contributed by atoms with E-state index >= 15 is 0 Å². The standard InChI is InChI=1S/C14H20N4O3/c15-13-12(8-11(9-16-13)18(20)21)14(19)17-10-6-4-2-1-3-5-7-10/h8-10H,1-7H2,(H2,15,16)(H,17,19). The van der Waals surface area contributed by atoms with E-state index in [9.17, 15) is 14.9 Å². The van der Waals surface area contributed by atoms with Gasteiger partial charge in [0.15, 0.2) is 0 Å². The molecule has 0 radical (unpaired) electrons. The molecule has 2 rings (SSSR count). The zero-order valence-corrected chi connectivity index (χ0v) is 11.9. The van der Waals surface area contributed by atoms with Gasteiger partial charge in [-0.05, 0) is 12.8 Å². The van der Waals surface area contributed by atoms with E-state index in [-0.39, 0.29) is 29.0 Å². The number of rotatable bonds is 3. The topological polar surface area (TPSA) is 111 Å². The third-order valence-electron chi connectivity index (χ3n) is 3.80. The van der Waals surface area contributed by atoms with Crippen molar-refractivity contribution in [2.24, 2.45) is 0 Å². The van der Waals surface area contributed by atoms with E-state index in [1.165, 1.54) is 25.3 Å². The molecule has 0 atom stereocenters. The Balaban J connectivity index is 2.08. The van der Waals surface area contributed by atoms with Crippen molar-refractivity contribution in [3.8, 4) is 0 Å². The summed E-state index contributed by atoms with van der Waals surface area (Å²) in [5.74, 6) is -0.363. The molecule has 0 saturated heterocycles. The number of nitrogens with zero attached hydrogens (tertiary/aromatic N) is 2. The van der Waals surface area contributed by atoms with E-state index in [2.05, 4.69) is 10.3 Å². The first-order valence-electron chi connectivity index (χ1n) is 7.28. The Labute approximate surface area is 123 Å². The second-order valence-corrected chi connectivity index (χ2v) is 5.40. The fourth-order valence-electron chi connectivity index (χ4n) is 2.61. The quantitative estimate of drug-likeness (QED) is 0.656. The highest BCUT2D eigenvalue weighted by Crippen LogP contribution is 2.20. The summed E-state index contributed by atoms with van der Waals surface area (Å²) in [4.78, 5) is 26.1. The van der Waals surface area contributed by atoms with Crippen molar-refractivity contribution in [3.05, 3.63) is 27.9 Å². The van der Waals surface area contributed by atoms with E-state index < -0.39 is 4.92 Å². The number of nitro groups is 1. The number of aromatic nitrogens is 1. The molecule has 0 aromatic carbocycles. The summed E-state index contributed by atoms with van der Waals surface area (Å²) >= 11 is 0. The van der Waals surface area contributed by atoms with Gasteiger partial charge in [0.25, 0.3) is 11.6 Å². The largest absolute Gasteiger partial charge is 0.383 e. The highest BCUT2D eigenvalue weighted by molar-refractivity contribution is 5.99. The van der Waals surface area contributed by atoms with Gasteiger partial charge in [0.05, 0.1) is 10.5 Å². The Morgan fingerprint density at radius 1 is 1.29 bits per heavy atom. The normalized spacial score (nSPS) is 16.8. The SMILES string of the molecule is Nc1ncc([N+](=O)[O-])cc1C(=O)NC1CCCCCCC1. The molecule has 1 saturated carbocycles. The first-order valence-corrected chi connectivity index (χ1v) is 7.28. The van der Waals surface area contributed by atoms with Crippen LogP contribution in [0.25, 0.3) is 0 Å². The predicted octanol–water partition coefficient (Wildman–Crippen LogP) is 2.41. The van der Waals surface area contributed by atoms with Crippen molar-refractivity contribution in [3.63, 3.8) is 0 Å². The van der Waals surface area contributed by atoms with E-state index in [1.807, 2.05) is 0 Å². The van der Waals surface area contributed by atoms with Crippen LogP contribution in [-0.4, -0.2) is 21.9 Å². The maximum absolute atomic E-state index is 12.3. The number of amides is 1. The number of hydrogen-bond donors (Lipinski definition) is 2. The van der Waals surface area contributed by atoms with Gasteiger partial charge in [0.1, 0.15) is 12.0 Å². The Kier molecular flexibility index (Phi) is 5.08. The number of carbonyl (C=O) groups excluding carboxylic acids is 1. The molecule has 1 amide bonds. The lowest BCUT2D eigenvalue weighted by Crippen LogP contribution is -2.35. The highest BCUT2D eigenvalue weighted by atomic mass is 16.6. The molecule has 1 aromatic heterocycles. The molecule has 1 aromatic rings. The molecule has 1 heterocycles. The monoisotopic (exact) mass is 292 g/mol. The third-order valence-corrected chi connectivity index (χ3v) is 3.80. The minimum absolute atomic E-state index is 0.0175. The Morgan fingerprint density at radius 3 is 2.52 bits per heavy atom. The molecular formula is C14H20N4O3. The van der Waals surface area contributed by atoms with Crippen molar-refractivity contribution in [2.45, 2.75) is 51.0 Å². The minimum atomic E-state index is -0.584. The maximum Gasteiger partial charge on any atom is 0.288 e. The Morgan fingerprint density at radius 2 is 1.90 bits per heavy atom. The van der Waals surface area contributed by atoms with Crippen LogP contribution in [0.15, 0.2) is 12.3 Å². The van der Waals surface area contributed by atoms with Crippen LogP contribution in [0.2, 0.25) is 0 Å². The van der Waals surface area contributed by atoms with Crippen LogP contribution in [0.1, 0.15) is 55.3 Å². The zero-order valence-electron chi connectivity index (χ0n) is 11.9. The average molecular weight is 292 g/mol. The summed E-state index contributed by atoms with van der Waals surface area (Å²) in [5, 5.41) is 13.7. The van der Waals surface area contributed by atoms with Gasteiger partial charge in [0.2, 0.25) is 0 Å². The zero-order chi connectivity index (χ0) is 15.2. The second-order valence-electron chi connectivity index (χ2n) is 5.40. The lowest BCUT2D eigenvalue weighted by molar-refractivity contribution is -0.385. The molecular weight excluding hydrogens is 272 g/mol. The first kappa shape index (κ1) is 15.2. The van der Waals surface area contributed by atoms with Crippen LogP contribution in [0, 0.1) is 10.1 Å². The summed E-state index contributed by atoms with van der Waals surface area (Å²) in [6.07, 6.45) is 8.74. The number of anilines is 1. The predicted molar refractivity (Wildman–Crippen MR) is 78.9 cm³/mol. The van der Waals surface area contributed by atoms with Gasteiger partial charge in [-0.15, -0.1) is 0 Å². The molecule has 7 heteroatoms. The molecule has 1 fully saturated rings. The summed E-state index contributed by atoms with van der Waals surface area (Å²) < 4.78 is 0. The van der Waals surface area contributed by atoms with Crippen LogP contribution in [0.4, 0.5) is 11.5 Å². The maximum atomic E-state index is 12.3. The van der Waals surface area contributed by atoms with Crippen LogP contribution < -0.4 is 11.1 Å². The molecule has 114 valence electrons. The van der Waals surface area contributed by atoms with Crippen LogP contribution >= 0.6 is 0 Å². The molecule has 0 bridgehead atoms. The van der Waals surface area contributed by atoms with Gasteiger partial charge >= 0.3 is 0 Å². The Bertz CT molecular complexity index is 525. The molecule has 3 N–H and O–H groups in total. The number of hydrogen-bond acceptors (Lipinski definition) is 5. The fourth-order valence-corrected chi connectivity index (χ4v) is 2.61. The van der Waals surface area contributed by atoms with E-state index in [0.717, 1.165) is 31.9 Å². The van der Waals surface area contributed by atoms with E-state index in [4.69, 9.17) is 5.73 Å². The molecule has 0 unspecified atom stereocenters. The lowest BCUT2D eigenvalue weighted by Gasteiger charge is -2.21. The van der Waals surface area contributed by atoms with Crippen LogP contribution in [0.3, 0.4) is 0 Å². The lowest BCUT2D eigenvalue weighted by atomic mass is 9.96. The molecule has 7 nitrogen and oxygen atoms in total. The number of nitrogens with one attached hydrogen (secondary N) is 1. The number of nitrogen functional groups attached to an aromatic ring is 1. The summed E-state index contributed by atoms with van der Waals surface area (Å²) in [6.45, 7) is 0. The van der Waals surface area contributed by atoms with Crippen molar-refractivity contribution >= 4 is 17.4 Å². The molecule has 1 aliphatic carbocycles. The van der Waals surface area contributed by atoms with Gasteiger partial charge in [-0.1, -0.05) is 32.1 Å². The van der Waals surface area contributed by atoms with Crippen LogP contribution in [0.5, 0.6) is 0 Å². The summed E-state index contributed by atoms with van der Waals surface area (Å²) in [5.41, 5.74) is 5.50. The van der Waals surface area contributed by atoms with Crippen molar-refractivity contribution in [1.82, 2.24) is 10.3 Å². The average Bonchev–Trinajstić information content (AvgIpc) is 2.41. The van der Waals surface area contributed by atoms with E-state index in [0.29, 0.717) is 0 Å². The number of nitrogens with two attached hydrogens (primary N) is 1. The van der Waals surface area contributed by atoms with Gasteiger partial charge in [-0.25, -0.2) is 4.98 Å². The van der Waals surface area contributed by atoms with Gasteiger partial charge in [0, 0.05) is 12.1 Å². The van der Waals surface area contributed by atoms with Gasteiger partial charge in [-0.2, -0.15) is 0 Å². The third kappa shape index (κ3) is 4.14. The minimum Gasteiger partial charge on any atom is -0.383 e. The smallest absolute Gasteiger partial charge is 0.288 e. The highest BCUT2D eigenvalue weighted by Gasteiger charge is 2.20. The van der Waals surface area contributed by atoms with Gasteiger partial charge in [-0.3, -0.25) is 14.9 Å². The molecule has 0 aliphatic heterocycles. The number of pyridine rings is 1.